The Bertz CT molecular complexity index is 632. The van der Waals surface area contributed by atoms with Gasteiger partial charge in [-0.2, -0.15) is 5.10 Å². The number of benzene rings is 1. The molecule has 2 N–H and O–H groups in total. The number of aryl methyl sites for hydroxylation is 3. The van der Waals surface area contributed by atoms with Crippen LogP contribution in [0.25, 0.3) is 0 Å². The average Bonchev–Trinajstić information content (AvgIpc) is 2.72. The smallest absolute Gasteiger partial charge is 0.228 e. The molecule has 1 heterocycles. The molecule has 0 bridgehead atoms. The first-order chi connectivity index (χ1) is 10.0. The molecular weight excluding hydrogens is 282 g/mol. The third-order valence-corrected chi connectivity index (χ3v) is 3.58. The van der Waals surface area contributed by atoms with E-state index in [9.17, 15) is 0 Å². The summed E-state index contributed by atoms with van der Waals surface area (Å²) in [5, 5.41) is 4.31. The predicted octanol–water partition coefficient (Wildman–Crippen LogP) is 3.50. The molecule has 0 saturated carbocycles. The first-order valence-corrected chi connectivity index (χ1v) is 7.54. The summed E-state index contributed by atoms with van der Waals surface area (Å²) in [6, 6.07) is 8.12. The van der Waals surface area contributed by atoms with E-state index in [1.165, 1.54) is 18.4 Å². The summed E-state index contributed by atoms with van der Waals surface area (Å²) in [7, 11) is 1.82. The molecule has 21 heavy (non-hydrogen) atoms. The number of hydrogen-bond donors (Lipinski definition) is 1. The fraction of sp³-hybridized carbons (Fsp3) is 0.375. The minimum Gasteiger partial charge on any atom is -0.439 e. The molecule has 0 unspecified atom stereocenters. The van der Waals surface area contributed by atoms with Crippen molar-refractivity contribution >= 4 is 17.2 Å². The van der Waals surface area contributed by atoms with Crippen LogP contribution >= 0.6 is 12.2 Å². The molecule has 1 aromatic carbocycles. The van der Waals surface area contributed by atoms with Gasteiger partial charge in [0.1, 0.15) is 10.7 Å². The van der Waals surface area contributed by atoms with Crippen LogP contribution in [0.5, 0.6) is 11.6 Å². The first-order valence-electron chi connectivity index (χ1n) is 7.13. The van der Waals surface area contributed by atoms with E-state index in [1.807, 2.05) is 26.1 Å². The summed E-state index contributed by atoms with van der Waals surface area (Å²) in [4.78, 5) is 0.301. The van der Waals surface area contributed by atoms with Crippen molar-refractivity contribution in [2.24, 2.45) is 12.8 Å². The monoisotopic (exact) mass is 303 g/mol. The lowest BCUT2D eigenvalue weighted by molar-refractivity contribution is 0.430. The van der Waals surface area contributed by atoms with Gasteiger partial charge < -0.3 is 10.5 Å². The summed E-state index contributed by atoms with van der Waals surface area (Å²) >= 11 is 5.08. The van der Waals surface area contributed by atoms with Gasteiger partial charge in [0.25, 0.3) is 0 Å². The fourth-order valence-electron chi connectivity index (χ4n) is 2.25. The Morgan fingerprint density at radius 3 is 2.57 bits per heavy atom. The van der Waals surface area contributed by atoms with Gasteiger partial charge in [-0.1, -0.05) is 37.7 Å². The summed E-state index contributed by atoms with van der Waals surface area (Å²) in [5.41, 5.74) is 8.55. The minimum absolute atomic E-state index is 0.301. The molecule has 0 radical (unpaired) electrons. The quantitative estimate of drug-likeness (QED) is 0.830. The van der Waals surface area contributed by atoms with Gasteiger partial charge in [0.15, 0.2) is 0 Å². The Morgan fingerprint density at radius 2 is 2.00 bits per heavy atom. The second-order valence-corrected chi connectivity index (χ2v) is 5.54. The molecule has 4 nitrogen and oxygen atoms in total. The number of unbranched alkanes of at least 4 members (excludes halogenated alkanes) is 1. The molecule has 0 aliphatic heterocycles. The lowest BCUT2D eigenvalue weighted by Crippen LogP contribution is -2.11. The van der Waals surface area contributed by atoms with Crippen molar-refractivity contribution < 1.29 is 4.74 Å². The van der Waals surface area contributed by atoms with E-state index in [2.05, 4.69) is 24.2 Å². The van der Waals surface area contributed by atoms with E-state index in [0.717, 1.165) is 17.9 Å². The van der Waals surface area contributed by atoms with Crippen molar-refractivity contribution in [2.75, 3.05) is 0 Å². The van der Waals surface area contributed by atoms with Gasteiger partial charge in [0.2, 0.25) is 5.88 Å². The van der Waals surface area contributed by atoms with Crippen molar-refractivity contribution in [2.45, 2.75) is 33.1 Å². The molecule has 0 atom stereocenters. The zero-order valence-corrected chi connectivity index (χ0v) is 13.5. The Labute approximate surface area is 130 Å². The van der Waals surface area contributed by atoms with Crippen molar-refractivity contribution in [1.82, 2.24) is 9.78 Å². The number of nitrogens with zero attached hydrogens (tertiary/aromatic N) is 2. The number of aromatic nitrogens is 2. The second-order valence-electron chi connectivity index (χ2n) is 5.10. The lowest BCUT2D eigenvalue weighted by atomic mass is 10.1. The number of ether oxygens (including phenoxy) is 1. The van der Waals surface area contributed by atoms with Gasteiger partial charge in [-0.05, 0) is 37.5 Å². The van der Waals surface area contributed by atoms with E-state index in [1.54, 1.807) is 4.68 Å². The normalized spacial score (nSPS) is 10.6. The Morgan fingerprint density at radius 1 is 1.33 bits per heavy atom. The van der Waals surface area contributed by atoms with E-state index >= 15 is 0 Å². The fourth-order valence-corrected chi connectivity index (χ4v) is 2.49. The Balaban J connectivity index is 2.20. The molecule has 1 aromatic heterocycles. The van der Waals surface area contributed by atoms with Gasteiger partial charge in [-0.15, -0.1) is 0 Å². The zero-order valence-electron chi connectivity index (χ0n) is 12.7. The molecular formula is C16H21N3OS. The van der Waals surface area contributed by atoms with E-state index in [0.29, 0.717) is 16.4 Å². The maximum atomic E-state index is 5.91. The SMILES string of the molecule is CCCCc1ccc(Oc2c(C(N)=S)c(C)nn2C)cc1. The molecule has 2 rings (SSSR count). The molecule has 2 aromatic rings. The summed E-state index contributed by atoms with van der Waals surface area (Å²) in [6.45, 7) is 4.06. The second kappa shape index (κ2) is 6.72. The summed E-state index contributed by atoms with van der Waals surface area (Å²) in [5.74, 6) is 1.34. The maximum Gasteiger partial charge on any atom is 0.228 e. The number of nitrogens with two attached hydrogens (primary N) is 1. The van der Waals surface area contributed by atoms with Crippen LogP contribution in [0, 0.1) is 6.92 Å². The van der Waals surface area contributed by atoms with Crippen molar-refractivity contribution in [1.29, 1.82) is 0 Å². The van der Waals surface area contributed by atoms with Crippen LogP contribution in [0.2, 0.25) is 0 Å². The van der Waals surface area contributed by atoms with Crippen molar-refractivity contribution in [3.05, 3.63) is 41.1 Å². The Hall–Kier alpha value is -1.88. The van der Waals surface area contributed by atoms with Crippen LogP contribution in [0.3, 0.4) is 0 Å². The first kappa shape index (κ1) is 15.5. The van der Waals surface area contributed by atoms with Gasteiger partial charge in [-0.3, -0.25) is 0 Å². The molecule has 112 valence electrons. The van der Waals surface area contributed by atoms with Crippen LogP contribution in [-0.2, 0) is 13.5 Å². The Kier molecular flexibility index (Phi) is 4.96. The van der Waals surface area contributed by atoms with Crippen LogP contribution in [-0.4, -0.2) is 14.8 Å². The van der Waals surface area contributed by atoms with Crippen molar-refractivity contribution in [3.8, 4) is 11.6 Å². The summed E-state index contributed by atoms with van der Waals surface area (Å²) < 4.78 is 7.58. The highest BCUT2D eigenvalue weighted by atomic mass is 32.1. The van der Waals surface area contributed by atoms with Gasteiger partial charge in [-0.25, -0.2) is 4.68 Å². The van der Waals surface area contributed by atoms with Crippen LogP contribution < -0.4 is 10.5 Å². The molecule has 5 heteroatoms. The number of rotatable bonds is 6. The topological polar surface area (TPSA) is 53.1 Å². The maximum absolute atomic E-state index is 5.91. The largest absolute Gasteiger partial charge is 0.439 e. The third kappa shape index (κ3) is 3.61. The summed E-state index contributed by atoms with van der Waals surface area (Å²) in [6.07, 6.45) is 3.50. The van der Waals surface area contributed by atoms with E-state index in [-0.39, 0.29) is 0 Å². The van der Waals surface area contributed by atoms with E-state index in [4.69, 9.17) is 22.7 Å². The molecule has 0 amide bonds. The number of thiocarbonyl (C=S) groups is 1. The highest BCUT2D eigenvalue weighted by Gasteiger charge is 2.17. The van der Waals surface area contributed by atoms with E-state index < -0.39 is 0 Å². The molecule has 0 saturated heterocycles. The van der Waals surface area contributed by atoms with Crippen LogP contribution in [0.15, 0.2) is 24.3 Å². The highest BCUT2D eigenvalue weighted by molar-refractivity contribution is 7.80. The molecule has 0 fully saturated rings. The minimum atomic E-state index is 0.301. The predicted molar refractivity (Wildman–Crippen MR) is 89.0 cm³/mol. The van der Waals surface area contributed by atoms with Gasteiger partial charge in [0.05, 0.1) is 11.3 Å². The number of hydrogen-bond acceptors (Lipinski definition) is 3. The van der Waals surface area contributed by atoms with Crippen molar-refractivity contribution in [3.63, 3.8) is 0 Å². The standard InChI is InChI=1S/C16H21N3OS/c1-4-5-6-12-7-9-13(10-8-12)20-16-14(15(17)21)11(2)18-19(16)3/h7-10H,4-6H2,1-3H3,(H2,17,21). The third-order valence-electron chi connectivity index (χ3n) is 3.37. The van der Waals surface area contributed by atoms with Gasteiger partial charge in [0, 0.05) is 7.05 Å². The molecule has 0 spiro atoms. The zero-order chi connectivity index (χ0) is 15.4. The average molecular weight is 303 g/mol. The van der Waals surface area contributed by atoms with Crippen LogP contribution in [0.1, 0.15) is 36.6 Å². The van der Waals surface area contributed by atoms with Gasteiger partial charge >= 0.3 is 0 Å². The molecule has 0 aliphatic rings. The highest BCUT2D eigenvalue weighted by Crippen LogP contribution is 2.27. The van der Waals surface area contributed by atoms with Crippen LogP contribution in [0.4, 0.5) is 0 Å². The molecule has 0 aliphatic carbocycles. The lowest BCUT2D eigenvalue weighted by Gasteiger charge is -2.09.